The molecule has 0 aliphatic heterocycles. The summed E-state index contributed by atoms with van der Waals surface area (Å²) in [5.41, 5.74) is 6.75. The summed E-state index contributed by atoms with van der Waals surface area (Å²) in [4.78, 5) is 14.7. The number of nitrogen functional groups attached to an aromatic ring is 1. The molecule has 0 aliphatic carbocycles. The number of carbonyl (C=O) groups is 1. The zero-order valence-electron chi connectivity index (χ0n) is 8.60. The summed E-state index contributed by atoms with van der Waals surface area (Å²) in [7, 11) is 0. The molecule has 1 aromatic carbocycles. The number of aryl methyl sites for hydroxylation is 1. The highest BCUT2D eigenvalue weighted by atomic mass is 16.4. The van der Waals surface area contributed by atoms with Gasteiger partial charge in [0.05, 0.1) is 5.56 Å². The minimum atomic E-state index is -1.11. The summed E-state index contributed by atoms with van der Waals surface area (Å²) in [6.07, 6.45) is 0. The number of hydrogen-bond acceptors (Lipinski definition) is 4. The fraction of sp³-hybridized carbons (Fsp3) is 0.0909. The molecule has 0 saturated heterocycles. The van der Waals surface area contributed by atoms with Crippen molar-refractivity contribution in [3.63, 3.8) is 0 Å². The molecular weight excluding hydrogens is 208 g/mol. The van der Waals surface area contributed by atoms with E-state index in [0.717, 1.165) is 0 Å². The predicted molar refractivity (Wildman–Crippen MR) is 58.0 cm³/mol. The molecule has 16 heavy (non-hydrogen) atoms. The number of carboxylic acid groups (broad SMARTS) is 1. The van der Waals surface area contributed by atoms with E-state index in [0.29, 0.717) is 11.3 Å². The number of nitrogens with two attached hydrogens (primary N) is 1. The Morgan fingerprint density at radius 2 is 2.12 bits per heavy atom. The maximum Gasteiger partial charge on any atom is 0.358 e. The molecule has 2 aromatic rings. The third-order valence-corrected chi connectivity index (χ3v) is 2.19. The Labute approximate surface area is 91.5 Å². The first-order valence-corrected chi connectivity index (χ1v) is 4.65. The third kappa shape index (κ3) is 1.63. The Bertz CT molecular complexity index is 546. The van der Waals surface area contributed by atoms with Gasteiger partial charge in [0, 0.05) is 5.69 Å². The number of aromatic nitrogens is 1. The van der Waals surface area contributed by atoms with Gasteiger partial charge in [0.2, 0.25) is 5.89 Å². The van der Waals surface area contributed by atoms with Gasteiger partial charge < -0.3 is 15.3 Å². The van der Waals surface area contributed by atoms with Crippen LogP contribution in [-0.4, -0.2) is 16.1 Å². The first kappa shape index (κ1) is 10.2. The van der Waals surface area contributed by atoms with Crippen molar-refractivity contribution in [1.29, 1.82) is 0 Å². The summed E-state index contributed by atoms with van der Waals surface area (Å²) in [6.45, 7) is 1.55. The molecule has 0 fully saturated rings. The van der Waals surface area contributed by atoms with Gasteiger partial charge in [0.1, 0.15) is 5.76 Å². The molecule has 82 valence electrons. The first-order chi connectivity index (χ1) is 7.59. The Morgan fingerprint density at radius 3 is 2.69 bits per heavy atom. The van der Waals surface area contributed by atoms with E-state index < -0.39 is 5.97 Å². The Morgan fingerprint density at radius 1 is 1.44 bits per heavy atom. The fourth-order valence-corrected chi connectivity index (χ4v) is 1.40. The van der Waals surface area contributed by atoms with Crippen LogP contribution in [0.15, 0.2) is 28.7 Å². The van der Waals surface area contributed by atoms with Crippen LogP contribution >= 0.6 is 0 Å². The highest BCUT2D eigenvalue weighted by Crippen LogP contribution is 2.26. The number of nitrogens with zero attached hydrogens (tertiary/aromatic N) is 1. The lowest BCUT2D eigenvalue weighted by atomic mass is 10.2. The molecule has 1 aromatic heterocycles. The van der Waals surface area contributed by atoms with Crippen LogP contribution in [0.25, 0.3) is 11.5 Å². The Hall–Kier alpha value is -2.30. The number of aromatic carboxylic acids is 1. The van der Waals surface area contributed by atoms with E-state index in [4.69, 9.17) is 15.3 Å². The number of oxazole rings is 1. The van der Waals surface area contributed by atoms with Gasteiger partial charge in [-0.1, -0.05) is 12.1 Å². The van der Waals surface area contributed by atoms with Crippen molar-refractivity contribution in [2.75, 3.05) is 5.73 Å². The summed E-state index contributed by atoms with van der Waals surface area (Å²) in [5, 5.41) is 8.84. The second kappa shape index (κ2) is 3.69. The van der Waals surface area contributed by atoms with E-state index in [-0.39, 0.29) is 17.3 Å². The normalized spacial score (nSPS) is 10.3. The second-order valence-corrected chi connectivity index (χ2v) is 3.32. The van der Waals surface area contributed by atoms with Crippen LogP contribution < -0.4 is 5.73 Å². The van der Waals surface area contributed by atoms with Crippen LogP contribution in [0, 0.1) is 6.92 Å². The summed E-state index contributed by atoms with van der Waals surface area (Å²) in [6, 6.07) is 7.00. The van der Waals surface area contributed by atoms with Crippen molar-refractivity contribution in [2.45, 2.75) is 6.92 Å². The Balaban J connectivity index is 2.54. The average Bonchev–Trinajstić information content (AvgIpc) is 2.61. The van der Waals surface area contributed by atoms with E-state index >= 15 is 0 Å². The smallest absolute Gasteiger partial charge is 0.358 e. The number of anilines is 1. The molecule has 0 bridgehead atoms. The molecule has 0 aliphatic rings. The number of rotatable bonds is 2. The van der Waals surface area contributed by atoms with Gasteiger partial charge in [-0.25, -0.2) is 9.78 Å². The zero-order chi connectivity index (χ0) is 11.7. The lowest BCUT2D eigenvalue weighted by Gasteiger charge is -1.98. The van der Waals surface area contributed by atoms with Gasteiger partial charge in [-0.3, -0.25) is 0 Å². The van der Waals surface area contributed by atoms with E-state index in [1.807, 2.05) is 0 Å². The van der Waals surface area contributed by atoms with Crippen LogP contribution in [0.3, 0.4) is 0 Å². The lowest BCUT2D eigenvalue weighted by molar-refractivity contribution is 0.0689. The molecule has 2 rings (SSSR count). The maximum absolute atomic E-state index is 10.8. The third-order valence-electron chi connectivity index (χ3n) is 2.19. The number of benzene rings is 1. The van der Waals surface area contributed by atoms with E-state index in [1.54, 1.807) is 31.2 Å². The van der Waals surface area contributed by atoms with Crippen molar-refractivity contribution in [2.24, 2.45) is 0 Å². The SMILES string of the molecule is Cc1oc(-c2ccccc2N)nc1C(=O)O. The van der Waals surface area contributed by atoms with Crippen LogP contribution in [0.2, 0.25) is 0 Å². The molecule has 0 spiro atoms. The van der Waals surface area contributed by atoms with Crippen molar-refractivity contribution in [3.8, 4) is 11.5 Å². The topological polar surface area (TPSA) is 89.4 Å². The quantitative estimate of drug-likeness (QED) is 0.751. The van der Waals surface area contributed by atoms with Gasteiger partial charge in [-0.15, -0.1) is 0 Å². The zero-order valence-corrected chi connectivity index (χ0v) is 8.60. The molecule has 3 N–H and O–H groups in total. The van der Waals surface area contributed by atoms with Gasteiger partial charge in [0.15, 0.2) is 5.69 Å². The van der Waals surface area contributed by atoms with Crippen molar-refractivity contribution < 1.29 is 14.3 Å². The van der Waals surface area contributed by atoms with E-state index in [2.05, 4.69) is 4.98 Å². The number of carboxylic acids is 1. The largest absolute Gasteiger partial charge is 0.476 e. The average molecular weight is 218 g/mol. The van der Waals surface area contributed by atoms with Crippen LogP contribution in [0.1, 0.15) is 16.2 Å². The van der Waals surface area contributed by atoms with Gasteiger partial charge in [-0.2, -0.15) is 0 Å². The minimum Gasteiger partial charge on any atom is -0.476 e. The van der Waals surface area contributed by atoms with Crippen LogP contribution in [0.4, 0.5) is 5.69 Å². The molecule has 0 radical (unpaired) electrons. The van der Waals surface area contributed by atoms with Crippen molar-refractivity contribution in [3.05, 3.63) is 35.7 Å². The Kier molecular flexibility index (Phi) is 2.36. The van der Waals surface area contributed by atoms with Crippen LogP contribution in [0.5, 0.6) is 0 Å². The highest BCUT2D eigenvalue weighted by molar-refractivity contribution is 5.87. The van der Waals surface area contributed by atoms with Gasteiger partial charge in [-0.05, 0) is 19.1 Å². The first-order valence-electron chi connectivity index (χ1n) is 4.65. The molecule has 0 saturated carbocycles. The molecule has 5 heteroatoms. The molecule has 5 nitrogen and oxygen atoms in total. The van der Waals surface area contributed by atoms with Gasteiger partial charge in [0.25, 0.3) is 0 Å². The number of para-hydroxylation sites is 1. The molecule has 0 amide bonds. The van der Waals surface area contributed by atoms with E-state index in [9.17, 15) is 4.79 Å². The predicted octanol–water partition coefficient (Wildman–Crippen LogP) is 1.93. The molecular formula is C11H10N2O3. The second-order valence-electron chi connectivity index (χ2n) is 3.32. The summed E-state index contributed by atoms with van der Waals surface area (Å²) >= 11 is 0. The number of hydrogen-bond donors (Lipinski definition) is 2. The molecule has 0 atom stereocenters. The lowest BCUT2D eigenvalue weighted by Crippen LogP contribution is -1.98. The summed E-state index contributed by atoms with van der Waals surface area (Å²) < 4.78 is 5.27. The van der Waals surface area contributed by atoms with Gasteiger partial charge >= 0.3 is 5.97 Å². The molecule has 1 heterocycles. The minimum absolute atomic E-state index is 0.0850. The standard InChI is InChI=1S/C11H10N2O3/c1-6-9(11(14)15)13-10(16-6)7-4-2-3-5-8(7)12/h2-5H,12H2,1H3,(H,14,15). The van der Waals surface area contributed by atoms with Crippen molar-refractivity contribution in [1.82, 2.24) is 4.98 Å². The monoisotopic (exact) mass is 218 g/mol. The summed E-state index contributed by atoms with van der Waals surface area (Å²) in [5.74, 6) is -0.610. The van der Waals surface area contributed by atoms with E-state index in [1.165, 1.54) is 0 Å². The highest BCUT2D eigenvalue weighted by Gasteiger charge is 2.17. The van der Waals surface area contributed by atoms with Crippen molar-refractivity contribution >= 4 is 11.7 Å². The molecule has 0 unspecified atom stereocenters. The maximum atomic E-state index is 10.8. The fourth-order valence-electron chi connectivity index (χ4n) is 1.40. The van der Waals surface area contributed by atoms with Crippen LogP contribution in [-0.2, 0) is 0 Å².